The topological polar surface area (TPSA) is 20.2 Å². The fraction of sp³-hybridized carbons (Fsp3) is 0.250. The van der Waals surface area contributed by atoms with Crippen molar-refractivity contribution in [2.75, 3.05) is 6.61 Å². The molecule has 2 aromatic carbocycles. The Balaban J connectivity index is 2.54. The van der Waals surface area contributed by atoms with Crippen LogP contribution >= 0.6 is 0 Å². The molecule has 1 N–H and O–H groups in total. The van der Waals surface area contributed by atoms with Crippen molar-refractivity contribution in [3.8, 4) is 0 Å². The third kappa shape index (κ3) is 2.11. The molecule has 0 atom stereocenters. The normalized spacial score (nSPS) is 11.4. The highest BCUT2D eigenvalue weighted by atomic mass is 16.3. The maximum atomic E-state index is 9.88. The van der Waals surface area contributed by atoms with Gasteiger partial charge < -0.3 is 5.11 Å². The number of benzene rings is 2. The van der Waals surface area contributed by atoms with Crippen LogP contribution in [-0.2, 0) is 5.41 Å². The standard InChI is InChI=1S/C16H18O/c1-2-16(13-17,14-9-5-3-6-10-14)15-11-7-4-8-12-15/h3-12,17H,2,13H2,1H3. The maximum absolute atomic E-state index is 9.88. The van der Waals surface area contributed by atoms with Gasteiger partial charge in [0.15, 0.2) is 0 Å². The molecule has 0 amide bonds. The lowest BCUT2D eigenvalue weighted by Crippen LogP contribution is -2.31. The fourth-order valence-electron chi connectivity index (χ4n) is 2.38. The number of aliphatic hydroxyl groups is 1. The van der Waals surface area contributed by atoms with Crippen molar-refractivity contribution >= 4 is 0 Å². The van der Waals surface area contributed by atoms with Gasteiger partial charge in [0.05, 0.1) is 6.61 Å². The number of rotatable bonds is 4. The summed E-state index contributed by atoms with van der Waals surface area (Å²) in [6, 6.07) is 20.5. The predicted octanol–water partition coefficient (Wildman–Crippen LogP) is 3.38. The number of hydrogen-bond donors (Lipinski definition) is 1. The zero-order valence-electron chi connectivity index (χ0n) is 10.1. The summed E-state index contributed by atoms with van der Waals surface area (Å²) in [5.74, 6) is 0. The van der Waals surface area contributed by atoms with Gasteiger partial charge in [-0.3, -0.25) is 0 Å². The molecule has 0 bridgehead atoms. The van der Waals surface area contributed by atoms with Crippen LogP contribution in [0.4, 0.5) is 0 Å². The second-order valence-corrected chi connectivity index (χ2v) is 4.33. The zero-order valence-corrected chi connectivity index (χ0v) is 10.1. The first-order chi connectivity index (χ1) is 8.33. The average molecular weight is 226 g/mol. The van der Waals surface area contributed by atoms with Gasteiger partial charge in [0.25, 0.3) is 0 Å². The van der Waals surface area contributed by atoms with Crippen LogP contribution in [0.15, 0.2) is 60.7 Å². The van der Waals surface area contributed by atoms with Gasteiger partial charge in [0.1, 0.15) is 0 Å². The zero-order chi connectivity index (χ0) is 12.1. The minimum absolute atomic E-state index is 0.136. The van der Waals surface area contributed by atoms with Crippen LogP contribution in [-0.4, -0.2) is 11.7 Å². The smallest absolute Gasteiger partial charge is 0.0568 e. The molecule has 1 heteroatoms. The molecule has 88 valence electrons. The van der Waals surface area contributed by atoms with Gasteiger partial charge in [-0.15, -0.1) is 0 Å². The van der Waals surface area contributed by atoms with Crippen LogP contribution in [0, 0.1) is 0 Å². The molecule has 17 heavy (non-hydrogen) atoms. The summed E-state index contributed by atoms with van der Waals surface area (Å²) in [6.45, 7) is 2.26. The van der Waals surface area contributed by atoms with Gasteiger partial charge >= 0.3 is 0 Å². The van der Waals surface area contributed by atoms with Gasteiger partial charge in [-0.25, -0.2) is 0 Å². The van der Waals surface area contributed by atoms with Crippen molar-refractivity contribution in [3.05, 3.63) is 71.8 Å². The molecule has 0 aliphatic heterocycles. The van der Waals surface area contributed by atoms with E-state index in [1.54, 1.807) is 0 Å². The van der Waals surface area contributed by atoms with E-state index in [-0.39, 0.29) is 12.0 Å². The molecule has 0 saturated heterocycles. The summed E-state index contributed by atoms with van der Waals surface area (Å²) in [7, 11) is 0. The minimum Gasteiger partial charge on any atom is -0.395 e. The molecule has 0 aliphatic rings. The molecule has 0 fully saturated rings. The van der Waals surface area contributed by atoms with Gasteiger partial charge in [-0.2, -0.15) is 0 Å². The lowest BCUT2D eigenvalue weighted by Gasteiger charge is -2.32. The Bertz CT molecular complexity index is 402. The molecule has 2 rings (SSSR count). The largest absolute Gasteiger partial charge is 0.395 e. The third-order valence-electron chi connectivity index (χ3n) is 3.53. The number of hydrogen-bond acceptors (Lipinski definition) is 1. The molecule has 0 spiro atoms. The first-order valence-corrected chi connectivity index (χ1v) is 6.05. The minimum atomic E-state index is -0.275. The Labute approximate surface area is 103 Å². The van der Waals surface area contributed by atoms with E-state index < -0.39 is 0 Å². The van der Waals surface area contributed by atoms with Crippen LogP contribution in [0.1, 0.15) is 24.5 Å². The van der Waals surface area contributed by atoms with E-state index in [4.69, 9.17) is 0 Å². The lowest BCUT2D eigenvalue weighted by molar-refractivity contribution is 0.215. The van der Waals surface area contributed by atoms with Crippen LogP contribution in [0.25, 0.3) is 0 Å². The van der Waals surface area contributed by atoms with Crippen molar-refractivity contribution in [1.82, 2.24) is 0 Å². The Morgan fingerprint density at radius 2 is 1.24 bits per heavy atom. The van der Waals surface area contributed by atoms with E-state index in [0.29, 0.717) is 0 Å². The summed E-state index contributed by atoms with van der Waals surface area (Å²) >= 11 is 0. The van der Waals surface area contributed by atoms with Crippen LogP contribution in [0.5, 0.6) is 0 Å². The molecule has 0 heterocycles. The fourth-order valence-corrected chi connectivity index (χ4v) is 2.38. The first-order valence-electron chi connectivity index (χ1n) is 6.05. The highest BCUT2D eigenvalue weighted by Gasteiger charge is 2.31. The SMILES string of the molecule is CCC(CO)(c1ccccc1)c1ccccc1. The summed E-state index contributed by atoms with van der Waals surface area (Å²) < 4.78 is 0. The maximum Gasteiger partial charge on any atom is 0.0568 e. The van der Waals surface area contributed by atoms with Gasteiger partial charge in [-0.05, 0) is 17.5 Å². The van der Waals surface area contributed by atoms with Gasteiger partial charge in [-0.1, -0.05) is 67.6 Å². The molecule has 1 nitrogen and oxygen atoms in total. The van der Waals surface area contributed by atoms with Crippen molar-refractivity contribution in [2.24, 2.45) is 0 Å². The Kier molecular flexibility index (Phi) is 3.60. The van der Waals surface area contributed by atoms with Crippen LogP contribution in [0.3, 0.4) is 0 Å². The Hall–Kier alpha value is -1.60. The monoisotopic (exact) mass is 226 g/mol. The second-order valence-electron chi connectivity index (χ2n) is 4.33. The number of aliphatic hydroxyl groups excluding tert-OH is 1. The molecule has 0 saturated carbocycles. The molecule has 0 aromatic heterocycles. The molecule has 0 unspecified atom stereocenters. The van der Waals surface area contributed by atoms with Gasteiger partial charge in [0.2, 0.25) is 0 Å². The Morgan fingerprint density at radius 3 is 1.53 bits per heavy atom. The predicted molar refractivity (Wildman–Crippen MR) is 71.0 cm³/mol. The summed E-state index contributed by atoms with van der Waals surface area (Å²) in [4.78, 5) is 0. The van der Waals surface area contributed by atoms with Crippen LogP contribution < -0.4 is 0 Å². The van der Waals surface area contributed by atoms with Crippen molar-refractivity contribution < 1.29 is 5.11 Å². The van der Waals surface area contributed by atoms with E-state index >= 15 is 0 Å². The highest BCUT2D eigenvalue weighted by Crippen LogP contribution is 2.34. The molecular formula is C16H18O. The molecular weight excluding hydrogens is 208 g/mol. The average Bonchev–Trinajstić information content (AvgIpc) is 2.43. The van der Waals surface area contributed by atoms with E-state index in [9.17, 15) is 5.11 Å². The third-order valence-corrected chi connectivity index (χ3v) is 3.53. The van der Waals surface area contributed by atoms with E-state index in [2.05, 4.69) is 31.2 Å². The van der Waals surface area contributed by atoms with Crippen molar-refractivity contribution in [3.63, 3.8) is 0 Å². The highest BCUT2D eigenvalue weighted by molar-refractivity contribution is 5.39. The molecule has 0 radical (unpaired) electrons. The molecule has 2 aromatic rings. The second kappa shape index (κ2) is 5.15. The van der Waals surface area contributed by atoms with Crippen LogP contribution in [0.2, 0.25) is 0 Å². The first kappa shape index (κ1) is 11.9. The quantitative estimate of drug-likeness (QED) is 0.847. The van der Waals surface area contributed by atoms with Crippen molar-refractivity contribution in [1.29, 1.82) is 0 Å². The van der Waals surface area contributed by atoms with E-state index in [0.717, 1.165) is 6.42 Å². The van der Waals surface area contributed by atoms with E-state index in [1.807, 2.05) is 36.4 Å². The van der Waals surface area contributed by atoms with Gasteiger partial charge in [0, 0.05) is 5.41 Å². The van der Waals surface area contributed by atoms with Crippen molar-refractivity contribution in [2.45, 2.75) is 18.8 Å². The lowest BCUT2D eigenvalue weighted by atomic mass is 9.73. The summed E-state index contributed by atoms with van der Waals surface area (Å²) in [6.07, 6.45) is 0.886. The van der Waals surface area contributed by atoms with E-state index in [1.165, 1.54) is 11.1 Å². The Morgan fingerprint density at radius 1 is 0.824 bits per heavy atom. The summed E-state index contributed by atoms with van der Waals surface area (Å²) in [5.41, 5.74) is 2.08. The molecule has 0 aliphatic carbocycles. The summed E-state index contributed by atoms with van der Waals surface area (Å²) in [5, 5.41) is 9.88.